The van der Waals surface area contributed by atoms with E-state index in [1.54, 1.807) is 107 Å². The number of rotatable bonds is 26. The molecule has 41 heteroatoms. The maximum absolute atomic E-state index is 13.8. The Hall–Kier alpha value is -13.4. The molecule has 7 N–H and O–H groups in total. The SMILES string of the molecule is CCc1ccc(-c2cc(N3CCC[C@H]3C(=O)NCCc3ccc(C#N)cc3)nc(C(F)(F)F)n2)cc1.CCc1ccc(B(O)O)cc1.N#Cc1ccc(CCNC(=O)[C@@H]2CCCN2c2cc(-c3ccc(CCC(=O)NCCS(=O)(=O)O)cc3)nc(C(F)(F)F)n2)cc1.N#Cc1ccc(CCNC(=O)[C@@H]2CCCN2c2cc(Cl)nc(C(F)(F)F)n2)cc1.O=C=O.O=C=O. The van der Waals surface area contributed by atoms with E-state index < -0.39 is 83.0 Å². The molecule has 6 aromatic carbocycles. The Morgan fingerprint density at radius 3 is 1.06 bits per heavy atom. The third-order valence-electron chi connectivity index (χ3n) is 19.7. The van der Waals surface area contributed by atoms with Crippen LogP contribution in [0, 0.1) is 34.0 Å². The highest BCUT2D eigenvalue weighted by Crippen LogP contribution is 2.37. The number of amides is 4. The van der Waals surface area contributed by atoms with Gasteiger partial charge in [0.2, 0.25) is 41.1 Å². The number of aromatic nitrogens is 6. The molecule has 0 aliphatic carbocycles. The predicted octanol–water partition coefficient (Wildman–Crippen LogP) is 10.3. The molecule has 3 aromatic heterocycles. The van der Waals surface area contributed by atoms with Gasteiger partial charge in [-0.2, -0.15) is 82.9 Å². The molecule has 0 radical (unpaired) electrons. The summed E-state index contributed by atoms with van der Waals surface area (Å²) in [4.78, 5) is 110. The van der Waals surface area contributed by atoms with E-state index >= 15 is 0 Å². The molecular weight excluding hydrogens is 1710 g/mol. The van der Waals surface area contributed by atoms with Gasteiger partial charge in [0.1, 0.15) is 40.7 Å². The van der Waals surface area contributed by atoms with Gasteiger partial charge in [-0.3, -0.25) is 23.7 Å². The van der Waals surface area contributed by atoms with E-state index in [-0.39, 0.29) is 83.4 Å². The number of nitrogens with zero attached hydrogens (tertiary/aromatic N) is 12. The Balaban J connectivity index is 0.000000242. The fraction of sp³-hybridized carbons (Fsp3) is 0.337. The number of anilines is 3. The van der Waals surface area contributed by atoms with Gasteiger partial charge in [-0.15, -0.1) is 0 Å². The Bertz CT molecular complexity index is 5480. The van der Waals surface area contributed by atoms with Crippen LogP contribution in [0.4, 0.5) is 57.0 Å². The molecule has 3 atom stereocenters. The highest BCUT2D eigenvalue weighted by molar-refractivity contribution is 7.85. The predicted molar refractivity (Wildman–Crippen MR) is 444 cm³/mol. The quantitative estimate of drug-likeness (QED) is 0.0115. The van der Waals surface area contributed by atoms with Crippen molar-refractivity contribution < 1.29 is 101 Å². The van der Waals surface area contributed by atoms with Crippen LogP contribution >= 0.6 is 11.6 Å². The molecule has 0 bridgehead atoms. The van der Waals surface area contributed by atoms with Crippen LogP contribution in [0.25, 0.3) is 22.5 Å². The van der Waals surface area contributed by atoms with Gasteiger partial charge in [0.25, 0.3) is 10.1 Å². The zero-order valence-corrected chi connectivity index (χ0v) is 69.8. The van der Waals surface area contributed by atoms with Gasteiger partial charge in [-0.25, -0.2) is 29.9 Å². The van der Waals surface area contributed by atoms with Crippen LogP contribution in [-0.4, -0.2) is 166 Å². The van der Waals surface area contributed by atoms with Crippen molar-refractivity contribution in [3.05, 3.63) is 236 Å². The van der Waals surface area contributed by atoms with Crippen LogP contribution < -0.4 is 41.4 Å². The van der Waals surface area contributed by atoms with Crippen LogP contribution in [0.1, 0.15) is 126 Å². The fourth-order valence-corrected chi connectivity index (χ4v) is 13.8. The van der Waals surface area contributed by atoms with Crippen LogP contribution in [-0.2, 0) is 106 Å². The van der Waals surface area contributed by atoms with E-state index in [0.29, 0.717) is 136 Å². The largest absolute Gasteiger partial charge is 0.488 e. The number of nitriles is 3. The molecular formula is C86H85BClF9N16O13S. The molecule has 3 aliphatic heterocycles. The van der Waals surface area contributed by atoms with Crippen LogP contribution in [0.5, 0.6) is 0 Å². The highest BCUT2D eigenvalue weighted by atomic mass is 35.5. The number of aryl methyl sites for hydroxylation is 3. The Kier molecular flexibility index (Phi) is 38.7. The number of nitrogens with one attached hydrogen (secondary N) is 4. The normalized spacial score (nSPS) is 14.5. The van der Waals surface area contributed by atoms with Crippen molar-refractivity contribution in [3.63, 3.8) is 0 Å². The topological polar surface area (TPSA) is 438 Å². The summed E-state index contributed by atoms with van der Waals surface area (Å²) in [7, 11) is -5.53. The molecule has 0 unspecified atom stereocenters. The molecule has 12 rings (SSSR count). The third kappa shape index (κ3) is 32.3. The van der Waals surface area contributed by atoms with Crippen molar-refractivity contribution >= 4 is 87.7 Å². The van der Waals surface area contributed by atoms with E-state index in [4.69, 9.17) is 61.2 Å². The molecule has 9 aromatic rings. The average molecular weight is 1800 g/mol. The van der Waals surface area contributed by atoms with E-state index in [2.05, 4.69) is 64.2 Å². The number of carbonyl (C=O) groups excluding carboxylic acids is 8. The molecule has 127 heavy (non-hydrogen) atoms. The third-order valence-corrected chi connectivity index (χ3v) is 20.6. The summed E-state index contributed by atoms with van der Waals surface area (Å²) in [5.41, 5.74) is 9.18. The number of benzene rings is 6. The Morgan fingerprint density at radius 2 is 0.748 bits per heavy atom. The second-order valence-electron chi connectivity index (χ2n) is 28.4. The van der Waals surface area contributed by atoms with Crippen molar-refractivity contribution in [3.8, 4) is 40.7 Å². The number of hydrogen-bond acceptors (Lipinski definition) is 24. The maximum Gasteiger partial charge on any atom is 0.488 e. The lowest BCUT2D eigenvalue weighted by atomic mass is 9.80. The average Bonchev–Trinajstić information content (AvgIpc) is 1.77. The first-order chi connectivity index (χ1) is 60.4. The second kappa shape index (κ2) is 48.8. The van der Waals surface area contributed by atoms with Gasteiger partial charge in [-0.1, -0.05) is 135 Å². The lowest BCUT2D eigenvalue weighted by Crippen LogP contribution is -2.44. The smallest absolute Gasteiger partial charge is 0.423 e. The van der Waals surface area contributed by atoms with Crippen molar-refractivity contribution in [2.24, 2.45) is 0 Å². The maximum atomic E-state index is 13.8. The van der Waals surface area contributed by atoms with Gasteiger partial charge in [0, 0.05) is 81.6 Å². The van der Waals surface area contributed by atoms with E-state index in [9.17, 15) is 67.1 Å². The van der Waals surface area contributed by atoms with E-state index in [0.717, 1.165) is 35.1 Å². The lowest BCUT2D eigenvalue weighted by Gasteiger charge is -2.26. The first kappa shape index (κ1) is 101. The van der Waals surface area contributed by atoms with Gasteiger partial charge in [0.15, 0.2) is 0 Å². The summed E-state index contributed by atoms with van der Waals surface area (Å²) in [6, 6.07) is 50.4. The lowest BCUT2D eigenvalue weighted by molar-refractivity contribution is -0.193. The Labute approximate surface area is 729 Å². The molecule has 666 valence electrons. The molecule has 6 heterocycles. The van der Waals surface area contributed by atoms with E-state index in [1.165, 1.54) is 28.7 Å². The van der Waals surface area contributed by atoms with Crippen molar-refractivity contribution in [2.45, 2.75) is 134 Å². The second-order valence-corrected chi connectivity index (χ2v) is 30.3. The Morgan fingerprint density at radius 1 is 0.449 bits per heavy atom. The first-order valence-corrected chi connectivity index (χ1v) is 41.4. The zero-order valence-electron chi connectivity index (χ0n) is 68.2. The van der Waals surface area contributed by atoms with E-state index in [1.807, 2.05) is 67.6 Å². The standard InChI is InChI=1S/C30H31F3N6O5S.C27H26F3N5O.C19H17ClF3N5O.C8H11BO2.2CO2/c31-30(32,33)29-37-24(23-10-7-20(8-11-23)9-12-27(40)35-15-17-45(42,43)44)18-26(38-29)39-16-1-2-25(39)28(41)36-14-13-21-3-5-22(19-34)6-4-21;1-2-18-9-11-21(12-10-18)22-16-24(34-26(33-22)27(28,29)30)35-15-3-4-23(35)25(36)32-14-13-19-5-7-20(17-31)8-6-19;20-15-10-16(27-18(26-15)19(21,22)23)28-9-1-2-14(28)17(29)25-8-7-12-3-5-13(11-24)6-4-12;1-2-7-3-5-8(6-4-7)9(10)11;2*2-1-3/h3-8,10-11,18,25H,1-2,9,12-17H2,(H,35,40)(H,36,41)(H,42,43,44);5-12,16,23H,2-4,13-15H2,1H3,(H,32,36);3-6,10,14H,1-2,7-9H2,(H,25,29);3-6,10-11H,2H2,1H3;;/t25-;23-;14-;;;/m000.../s1. The van der Waals surface area contributed by atoms with Crippen LogP contribution in [0.2, 0.25) is 5.15 Å². The van der Waals surface area contributed by atoms with Crippen molar-refractivity contribution in [1.82, 2.24) is 51.2 Å². The molecule has 3 fully saturated rings. The summed E-state index contributed by atoms with van der Waals surface area (Å²) in [6.07, 6.45) is -6.60. The first-order valence-electron chi connectivity index (χ1n) is 39.4. The van der Waals surface area contributed by atoms with Gasteiger partial charge in [0.05, 0.1) is 52.0 Å². The molecule has 29 nitrogen and oxygen atoms in total. The molecule has 4 amide bonds. The number of alkyl halides is 9. The van der Waals surface area contributed by atoms with Crippen molar-refractivity contribution in [2.75, 3.05) is 66.3 Å². The van der Waals surface area contributed by atoms with Gasteiger partial charge >= 0.3 is 38.0 Å². The molecule has 0 spiro atoms. The van der Waals surface area contributed by atoms with Gasteiger partial charge < -0.3 is 46.0 Å². The number of halogens is 10. The summed E-state index contributed by atoms with van der Waals surface area (Å²) >= 11 is 5.74. The minimum absolute atomic E-state index is 0.0114. The van der Waals surface area contributed by atoms with Gasteiger partial charge in [-0.05, 0) is 152 Å². The minimum atomic E-state index is -4.83. The number of carbonyl (C=O) groups is 4. The van der Waals surface area contributed by atoms with Crippen LogP contribution in [0.3, 0.4) is 0 Å². The molecule has 3 aliphatic rings. The minimum Gasteiger partial charge on any atom is -0.423 e. The number of hydrogen-bond donors (Lipinski definition) is 7. The monoisotopic (exact) mass is 1800 g/mol. The summed E-state index contributed by atoms with van der Waals surface area (Å²) in [6.45, 7) is 6.06. The summed E-state index contributed by atoms with van der Waals surface area (Å²) < 4.78 is 152. The van der Waals surface area contributed by atoms with Crippen molar-refractivity contribution in [1.29, 1.82) is 15.8 Å². The highest BCUT2D eigenvalue weighted by Gasteiger charge is 2.42. The summed E-state index contributed by atoms with van der Waals surface area (Å²) in [5, 5.41) is 54.8. The fourth-order valence-electron chi connectivity index (χ4n) is 13.3. The molecule has 3 saturated heterocycles. The van der Waals surface area contributed by atoms with Crippen LogP contribution in [0.15, 0.2) is 164 Å². The molecule has 0 saturated carbocycles. The summed E-state index contributed by atoms with van der Waals surface area (Å²) in [5.74, 6) is -5.67. The zero-order chi connectivity index (χ0) is 93.0.